The van der Waals surface area contributed by atoms with Crippen LogP contribution in [0.3, 0.4) is 0 Å². The van der Waals surface area contributed by atoms with Crippen molar-refractivity contribution in [1.82, 2.24) is 0 Å². The summed E-state index contributed by atoms with van der Waals surface area (Å²) in [7, 11) is 0. The summed E-state index contributed by atoms with van der Waals surface area (Å²) in [4.78, 5) is 9.76. The van der Waals surface area contributed by atoms with Crippen LogP contribution in [0.5, 0.6) is 0 Å². The fourth-order valence-corrected chi connectivity index (χ4v) is 0.416. The molecule has 3 atom stereocenters. The maximum atomic E-state index is 9.76. The molecule has 10 heavy (non-hydrogen) atoms. The van der Waals surface area contributed by atoms with Crippen molar-refractivity contribution < 1.29 is 25.2 Å². The van der Waals surface area contributed by atoms with Gasteiger partial charge >= 0.3 is 0 Å². The maximum absolute atomic E-state index is 9.76. The average molecular weight is 155 g/mol. The Morgan fingerprint density at radius 2 is 1.80 bits per heavy atom. The lowest BCUT2D eigenvalue weighted by Gasteiger charge is -2.16. The highest BCUT2D eigenvalue weighted by atomic mass is 16.5. The first kappa shape index (κ1) is 9.51. The molecule has 0 radical (unpaired) electrons. The van der Waals surface area contributed by atoms with E-state index in [1.165, 1.54) is 0 Å². The number of rotatable bonds is 4. The molecule has 5 nitrogen and oxygen atoms in total. The molecule has 0 saturated heterocycles. The van der Waals surface area contributed by atoms with Gasteiger partial charge in [-0.1, -0.05) is 0 Å². The number of carbonyl (C=O) groups is 1. The third kappa shape index (κ3) is 2.40. The van der Waals surface area contributed by atoms with Gasteiger partial charge in [-0.2, -0.15) is 0 Å². The molecule has 0 fully saturated rings. The van der Waals surface area contributed by atoms with Gasteiger partial charge in [0.2, 0.25) is 0 Å². The third-order valence-electron chi connectivity index (χ3n) is 1.07. The van der Waals surface area contributed by atoms with Gasteiger partial charge in [-0.25, -0.2) is 0 Å². The molecule has 60 valence electrons. The summed E-state index contributed by atoms with van der Waals surface area (Å²) in [6.07, 6.45) is -4.63. The highest BCUT2D eigenvalue weighted by Gasteiger charge is 2.22. The van der Waals surface area contributed by atoms with Crippen molar-refractivity contribution in [3.63, 3.8) is 0 Å². The van der Waals surface area contributed by atoms with Gasteiger partial charge in [0, 0.05) is 0 Å². The quantitative estimate of drug-likeness (QED) is 0.261. The zero-order valence-corrected chi connectivity index (χ0v) is 5.21. The minimum absolute atomic E-state index is 0.0869. The molecule has 4 N–H and O–H groups in total. The van der Waals surface area contributed by atoms with E-state index in [-0.39, 0.29) is 6.29 Å². The van der Waals surface area contributed by atoms with Gasteiger partial charge in [0.25, 0.3) is 0 Å². The lowest BCUT2D eigenvalue weighted by Crippen LogP contribution is -2.40. The van der Waals surface area contributed by atoms with E-state index >= 15 is 0 Å². The molecule has 0 aromatic heterocycles. The van der Waals surface area contributed by atoms with Gasteiger partial charge in [0.15, 0.2) is 6.29 Å². The Balaban J connectivity index is 3.80. The normalized spacial score (nSPS) is 19.6. The first-order valence-corrected chi connectivity index (χ1v) is 2.73. The van der Waals surface area contributed by atoms with Crippen LogP contribution >= 0.6 is 0 Å². The second-order valence-electron chi connectivity index (χ2n) is 1.87. The van der Waals surface area contributed by atoms with Gasteiger partial charge in [-0.15, -0.1) is 0 Å². The molecular weight excluding hydrogens is 145 g/mol. The summed E-state index contributed by atoms with van der Waals surface area (Å²) >= 11 is 0. The Bertz CT molecular complexity index is 104. The van der Waals surface area contributed by atoms with Crippen LogP contribution in [0.2, 0.25) is 0 Å². The molecule has 0 aromatic rings. The molecular formula is C5H10O5. The first-order chi connectivity index (χ1) is 4.63. The molecule has 0 saturated carbocycles. The molecule has 0 aliphatic heterocycles. The minimum Gasteiger partial charge on any atom is -0.394 e. The molecule has 0 bridgehead atoms. The fourth-order valence-electron chi connectivity index (χ4n) is 0.416. The van der Waals surface area contributed by atoms with Crippen LogP contribution in [0, 0.1) is 0 Å². The van der Waals surface area contributed by atoms with Crippen LogP contribution in [0.4, 0.5) is 0 Å². The van der Waals surface area contributed by atoms with Gasteiger partial charge in [0.05, 0.1) is 6.61 Å². The van der Waals surface area contributed by atoms with Crippen molar-refractivity contribution in [2.24, 2.45) is 0 Å². The molecule has 0 heterocycles. The highest BCUT2D eigenvalue weighted by Crippen LogP contribution is 1.96. The Morgan fingerprint density at radius 1 is 1.30 bits per heavy atom. The van der Waals surface area contributed by atoms with E-state index in [0.717, 1.165) is 0 Å². The second-order valence-corrected chi connectivity index (χ2v) is 1.87. The Morgan fingerprint density at radius 3 is 2.10 bits per heavy atom. The zero-order valence-electron chi connectivity index (χ0n) is 5.21. The largest absolute Gasteiger partial charge is 0.394 e. The molecule has 5 heteroatoms. The number of carbonyl (C=O) groups excluding carboxylic acids is 1. The monoisotopic (exact) mass is 155 g/mol. The number of aliphatic hydroxyl groups is 4. The highest BCUT2D eigenvalue weighted by molar-refractivity contribution is 5.56. The van der Waals surface area contributed by atoms with Crippen LogP contribution in [-0.4, -0.2) is 51.6 Å². The minimum atomic E-state index is -1.64. The lowest BCUT2D eigenvalue weighted by molar-refractivity contribution is -0.127. The van der Waals surface area contributed by atoms with E-state index in [9.17, 15) is 4.79 Å². The van der Waals surface area contributed by atoms with E-state index in [4.69, 9.17) is 20.4 Å². The standard InChI is InChI=1S/C5H10O5/c6-1-3(8)5(10)4(9)2-7/h1,3-5,7-10H,2H2/t3-,4+,5-/m1/s1/i1+1,2+1,3+1,4+1,5+1. The van der Waals surface area contributed by atoms with Gasteiger partial charge in [-0.05, 0) is 0 Å². The van der Waals surface area contributed by atoms with Crippen molar-refractivity contribution in [1.29, 1.82) is 0 Å². The zero-order chi connectivity index (χ0) is 8.15. The van der Waals surface area contributed by atoms with Crippen LogP contribution in [0.15, 0.2) is 0 Å². The SMILES string of the molecule is O=[13CH][13C@@H](O)[13C@@H](O)[13C@@H](O)[13CH2]O. The smallest absolute Gasteiger partial charge is 0.151 e. The lowest BCUT2D eigenvalue weighted by atomic mass is 11.1. The van der Waals surface area contributed by atoms with Crippen molar-refractivity contribution in [2.75, 3.05) is 6.61 Å². The summed E-state index contributed by atoms with van der Waals surface area (Å²) in [5, 5.41) is 34.1. The molecule has 0 aromatic carbocycles. The number of aldehydes is 1. The molecule has 0 aliphatic carbocycles. The number of aliphatic hydroxyl groups excluding tert-OH is 4. The van der Waals surface area contributed by atoms with Gasteiger partial charge < -0.3 is 25.2 Å². The summed E-state index contributed by atoms with van der Waals surface area (Å²) in [6.45, 7) is -0.688. The summed E-state index contributed by atoms with van der Waals surface area (Å²) in [5.74, 6) is 0. The van der Waals surface area contributed by atoms with E-state index < -0.39 is 24.9 Å². The van der Waals surface area contributed by atoms with E-state index in [1.54, 1.807) is 0 Å². The van der Waals surface area contributed by atoms with Gasteiger partial charge in [0.1, 0.15) is 18.3 Å². The molecule has 0 aliphatic rings. The predicted molar refractivity (Wildman–Crippen MR) is 31.2 cm³/mol. The summed E-state index contributed by atoms with van der Waals surface area (Å²) < 4.78 is 0. The van der Waals surface area contributed by atoms with Crippen molar-refractivity contribution in [3.05, 3.63) is 0 Å². The van der Waals surface area contributed by atoms with Crippen LogP contribution in [0.1, 0.15) is 0 Å². The Hall–Kier alpha value is -0.490. The topological polar surface area (TPSA) is 98.0 Å². The Labute approximate surface area is 57.5 Å². The van der Waals surface area contributed by atoms with Crippen LogP contribution in [-0.2, 0) is 4.79 Å². The van der Waals surface area contributed by atoms with E-state index in [1.807, 2.05) is 0 Å². The van der Waals surface area contributed by atoms with E-state index in [2.05, 4.69) is 0 Å². The maximum Gasteiger partial charge on any atom is 0.151 e. The van der Waals surface area contributed by atoms with Crippen molar-refractivity contribution in [3.8, 4) is 0 Å². The fraction of sp³-hybridized carbons (Fsp3) is 0.800. The molecule has 0 amide bonds. The summed E-state index contributed by atoms with van der Waals surface area (Å²) in [5.41, 5.74) is 0. The third-order valence-corrected chi connectivity index (χ3v) is 1.07. The predicted octanol–water partition coefficient (Wildman–Crippen LogP) is -2.74. The average Bonchev–Trinajstić information content (AvgIpc) is 2.00. The molecule has 0 rings (SSSR count). The van der Waals surface area contributed by atoms with E-state index in [0.29, 0.717) is 0 Å². The first-order valence-electron chi connectivity index (χ1n) is 2.73. The van der Waals surface area contributed by atoms with Crippen LogP contribution < -0.4 is 0 Å². The number of hydrogen-bond acceptors (Lipinski definition) is 5. The second kappa shape index (κ2) is 4.35. The van der Waals surface area contributed by atoms with Crippen molar-refractivity contribution >= 4 is 6.29 Å². The van der Waals surface area contributed by atoms with Crippen molar-refractivity contribution in [2.45, 2.75) is 18.3 Å². The van der Waals surface area contributed by atoms with Gasteiger partial charge in [-0.3, -0.25) is 0 Å². The number of hydrogen-bond donors (Lipinski definition) is 4. The Kier molecular flexibility index (Phi) is 4.13. The molecule has 0 unspecified atom stereocenters. The van der Waals surface area contributed by atoms with Crippen LogP contribution in [0.25, 0.3) is 0 Å². The summed E-state index contributed by atoms with van der Waals surface area (Å²) in [6, 6.07) is 0. The molecule has 0 spiro atoms.